The van der Waals surface area contributed by atoms with Crippen LogP contribution in [0, 0.1) is 0 Å². The molecule has 1 N–H and O–H groups in total. The van der Waals surface area contributed by atoms with Gasteiger partial charge in [-0.05, 0) is 43.7 Å². The molecule has 0 aliphatic rings. The Morgan fingerprint density at radius 2 is 1.84 bits per heavy atom. The van der Waals surface area contributed by atoms with Crippen LogP contribution in [-0.2, 0) is 0 Å². The fourth-order valence-electron chi connectivity index (χ4n) is 1.96. The highest BCUT2D eigenvalue weighted by Gasteiger charge is 2.15. The number of benzene rings is 1. The van der Waals surface area contributed by atoms with Gasteiger partial charge in [0.25, 0.3) is 0 Å². The second-order valence-corrected chi connectivity index (χ2v) is 7.49. The van der Waals surface area contributed by atoms with E-state index in [1.807, 2.05) is 24.3 Å². The lowest BCUT2D eigenvalue weighted by Gasteiger charge is -2.20. The van der Waals surface area contributed by atoms with Crippen molar-refractivity contribution >= 4 is 50.5 Å². The molecule has 0 aliphatic heterocycles. The molecule has 2 unspecified atom stereocenters. The van der Waals surface area contributed by atoms with Crippen LogP contribution in [0.5, 0.6) is 0 Å². The van der Waals surface area contributed by atoms with E-state index in [1.165, 1.54) is 4.88 Å². The summed E-state index contributed by atoms with van der Waals surface area (Å²) < 4.78 is 1.81. The first kappa shape index (κ1) is 15.3. The zero-order valence-corrected chi connectivity index (χ0v) is 14.5. The Morgan fingerprint density at radius 1 is 1.11 bits per heavy atom. The zero-order valence-electron chi connectivity index (χ0n) is 10.6. The van der Waals surface area contributed by atoms with E-state index in [2.05, 4.69) is 41.2 Å². The Morgan fingerprint density at radius 3 is 2.42 bits per heavy atom. The first-order valence-electron chi connectivity index (χ1n) is 5.93. The summed E-state index contributed by atoms with van der Waals surface area (Å²) in [4.78, 5) is 1.23. The van der Waals surface area contributed by atoms with Crippen molar-refractivity contribution in [1.29, 1.82) is 0 Å². The number of halogens is 3. The summed E-state index contributed by atoms with van der Waals surface area (Å²) in [5.41, 5.74) is 1.10. The predicted octanol–water partition coefficient (Wildman–Crippen LogP) is 6.23. The van der Waals surface area contributed by atoms with Crippen molar-refractivity contribution in [3.8, 4) is 0 Å². The van der Waals surface area contributed by atoms with Gasteiger partial charge in [0.05, 0.1) is 4.34 Å². The summed E-state index contributed by atoms with van der Waals surface area (Å²) in [5, 5.41) is 4.31. The number of thiophene rings is 1. The molecule has 2 aromatic rings. The van der Waals surface area contributed by atoms with E-state index >= 15 is 0 Å². The number of hydrogen-bond donors (Lipinski definition) is 1. The molecule has 5 heteroatoms. The van der Waals surface area contributed by atoms with Crippen LogP contribution in [0.25, 0.3) is 0 Å². The summed E-state index contributed by atoms with van der Waals surface area (Å²) in [5.74, 6) is 0. The minimum absolute atomic E-state index is 0.177. The maximum atomic E-state index is 6.27. The molecule has 1 nitrogen and oxygen atoms in total. The van der Waals surface area contributed by atoms with Crippen LogP contribution in [0.15, 0.2) is 34.8 Å². The van der Waals surface area contributed by atoms with Gasteiger partial charge in [0, 0.05) is 26.5 Å². The van der Waals surface area contributed by atoms with E-state index < -0.39 is 0 Å². The molecular formula is C14H14BrCl2NS. The topological polar surface area (TPSA) is 12.0 Å². The number of nitrogens with one attached hydrogen (secondary N) is 1. The van der Waals surface area contributed by atoms with E-state index in [0.717, 1.165) is 19.4 Å². The van der Waals surface area contributed by atoms with E-state index in [-0.39, 0.29) is 12.1 Å². The first-order chi connectivity index (χ1) is 8.97. The van der Waals surface area contributed by atoms with Gasteiger partial charge in [-0.15, -0.1) is 11.3 Å². The zero-order chi connectivity index (χ0) is 14.0. The summed E-state index contributed by atoms with van der Waals surface area (Å²) in [7, 11) is 0. The second-order valence-electron chi connectivity index (χ2n) is 4.42. The van der Waals surface area contributed by atoms with E-state index in [9.17, 15) is 0 Å². The van der Waals surface area contributed by atoms with Crippen molar-refractivity contribution in [2.24, 2.45) is 0 Å². The van der Waals surface area contributed by atoms with E-state index in [0.29, 0.717) is 0 Å². The first-order valence-corrected chi connectivity index (χ1v) is 8.30. The molecule has 0 bridgehead atoms. The van der Waals surface area contributed by atoms with E-state index in [1.54, 1.807) is 11.3 Å². The maximum absolute atomic E-state index is 6.27. The Balaban J connectivity index is 2.10. The fraction of sp³-hybridized carbons (Fsp3) is 0.286. The van der Waals surface area contributed by atoms with Crippen LogP contribution in [0.1, 0.15) is 36.4 Å². The Bertz CT molecular complexity index is 570. The molecule has 1 aromatic heterocycles. The highest BCUT2D eigenvalue weighted by molar-refractivity contribution is 9.10. The molecule has 2 atom stereocenters. The molecule has 0 saturated carbocycles. The average Bonchev–Trinajstić information content (AvgIpc) is 2.75. The lowest BCUT2D eigenvalue weighted by Crippen LogP contribution is -2.22. The minimum atomic E-state index is 0.177. The highest BCUT2D eigenvalue weighted by Crippen LogP contribution is 2.31. The van der Waals surface area contributed by atoms with Gasteiger partial charge in [0.15, 0.2) is 0 Å². The molecule has 0 amide bonds. The van der Waals surface area contributed by atoms with Crippen LogP contribution in [0.3, 0.4) is 0 Å². The van der Waals surface area contributed by atoms with Gasteiger partial charge in [-0.3, -0.25) is 0 Å². The van der Waals surface area contributed by atoms with Crippen LogP contribution in [0.4, 0.5) is 0 Å². The highest BCUT2D eigenvalue weighted by atomic mass is 79.9. The molecule has 0 aliphatic carbocycles. The van der Waals surface area contributed by atoms with Gasteiger partial charge in [-0.1, -0.05) is 45.2 Å². The smallest absolute Gasteiger partial charge is 0.0931 e. The molecule has 0 saturated heterocycles. The average molecular weight is 379 g/mol. The van der Waals surface area contributed by atoms with Crippen LogP contribution in [-0.4, -0.2) is 0 Å². The lowest BCUT2D eigenvalue weighted by molar-refractivity contribution is 0.500. The minimum Gasteiger partial charge on any atom is -0.303 e. The van der Waals surface area contributed by atoms with Crippen LogP contribution >= 0.6 is 50.5 Å². The van der Waals surface area contributed by atoms with Crippen molar-refractivity contribution in [3.63, 3.8) is 0 Å². The third-order valence-electron chi connectivity index (χ3n) is 2.95. The molecular weight excluding hydrogens is 365 g/mol. The summed E-state index contributed by atoms with van der Waals surface area (Å²) in [6.07, 6.45) is 0. The maximum Gasteiger partial charge on any atom is 0.0931 e. The van der Waals surface area contributed by atoms with Crippen molar-refractivity contribution in [3.05, 3.63) is 54.6 Å². The Kier molecular flexibility index (Phi) is 5.32. The fourth-order valence-corrected chi connectivity index (χ4v) is 3.87. The second kappa shape index (κ2) is 6.59. The van der Waals surface area contributed by atoms with Crippen molar-refractivity contribution in [2.75, 3.05) is 0 Å². The van der Waals surface area contributed by atoms with Crippen molar-refractivity contribution in [2.45, 2.75) is 25.9 Å². The molecule has 2 rings (SSSR count). The van der Waals surface area contributed by atoms with Crippen molar-refractivity contribution in [1.82, 2.24) is 5.32 Å². The normalized spacial score (nSPS) is 14.4. The molecule has 19 heavy (non-hydrogen) atoms. The van der Waals surface area contributed by atoms with Gasteiger partial charge in [-0.2, -0.15) is 0 Å². The molecule has 0 radical (unpaired) electrons. The third kappa shape index (κ3) is 3.96. The lowest BCUT2D eigenvalue weighted by atomic mass is 10.1. The summed E-state index contributed by atoms with van der Waals surface area (Å²) in [6, 6.07) is 10.4. The molecule has 102 valence electrons. The monoisotopic (exact) mass is 377 g/mol. The van der Waals surface area contributed by atoms with Crippen molar-refractivity contribution < 1.29 is 0 Å². The predicted molar refractivity (Wildman–Crippen MR) is 88.4 cm³/mol. The van der Waals surface area contributed by atoms with Crippen LogP contribution < -0.4 is 5.32 Å². The Labute approximate surface area is 136 Å². The van der Waals surface area contributed by atoms with Crippen LogP contribution in [0.2, 0.25) is 9.36 Å². The largest absolute Gasteiger partial charge is 0.303 e. The molecule has 0 fully saturated rings. The summed E-state index contributed by atoms with van der Waals surface area (Å²) >= 11 is 17.3. The third-order valence-corrected chi connectivity index (χ3v) is 5.18. The molecule has 1 heterocycles. The summed E-state index contributed by atoms with van der Waals surface area (Å²) in [6.45, 7) is 4.24. The SMILES string of the molecule is CC(NC(C)c1ccc(Br)cc1Cl)c1ccc(Cl)s1. The van der Waals surface area contributed by atoms with Gasteiger partial charge in [0.1, 0.15) is 0 Å². The number of hydrogen-bond acceptors (Lipinski definition) is 2. The van der Waals surface area contributed by atoms with E-state index in [4.69, 9.17) is 23.2 Å². The van der Waals surface area contributed by atoms with Gasteiger partial charge in [-0.25, -0.2) is 0 Å². The van der Waals surface area contributed by atoms with Gasteiger partial charge < -0.3 is 5.32 Å². The Hall–Kier alpha value is -0.0600. The quantitative estimate of drug-likeness (QED) is 0.664. The molecule has 1 aromatic carbocycles. The van der Waals surface area contributed by atoms with Gasteiger partial charge >= 0.3 is 0 Å². The molecule has 0 spiro atoms. The van der Waals surface area contributed by atoms with Gasteiger partial charge in [0.2, 0.25) is 0 Å². The standard InChI is InChI=1S/C14H14BrCl2NS/c1-8(11-4-3-10(15)7-12(11)16)18-9(2)13-5-6-14(17)19-13/h3-9,18H,1-2H3. The number of rotatable bonds is 4.